The molecule has 4 nitrogen and oxygen atoms in total. The van der Waals surface area contributed by atoms with Gasteiger partial charge in [-0.25, -0.2) is 13.6 Å². The topological polar surface area (TPSA) is 59.3 Å². The van der Waals surface area contributed by atoms with Crippen molar-refractivity contribution in [1.29, 1.82) is 0 Å². The number of hydrogen-bond acceptors (Lipinski definition) is 3. The molecule has 1 N–H and O–H groups in total. The van der Waals surface area contributed by atoms with Crippen LogP contribution in [-0.2, 0) is 0 Å². The Bertz CT molecular complexity index is 1270. The van der Waals surface area contributed by atoms with E-state index in [9.17, 15) is 18.4 Å². The smallest absolute Gasteiger partial charge is 0.344 e. The zero-order chi connectivity index (χ0) is 20.5. The summed E-state index contributed by atoms with van der Waals surface area (Å²) in [6.45, 7) is 1.92. The van der Waals surface area contributed by atoms with Crippen molar-refractivity contribution < 1.29 is 18.0 Å². The molecule has 6 heteroatoms. The van der Waals surface area contributed by atoms with Crippen LogP contribution >= 0.6 is 0 Å². The lowest BCUT2D eigenvalue weighted by atomic mass is 9.97. The van der Waals surface area contributed by atoms with Gasteiger partial charge in [-0.3, -0.25) is 4.79 Å². The molecule has 29 heavy (non-hydrogen) atoms. The van der Waals surface area contributed by atoms with Gasteiger partial charge in [-0.05, 0) is 30.7 Å². The summed E-state index contributed by atoms with van der Waals surface area (Å²) in [5.74, 6) is -3.11. The molecule has 0 atom stereocenters. The Morgan fingerprint density at radius 2 is 1.48 bits per heavy atom. The van der Waals surface area contributed by atoms with Gasteiger partial charge in [-0.1, -0.05) is 54.1 Å². The number of fused-ring (bicyclic) bond motifs is 1. The quantitative estimate of drug-likeness (QED) is 0.516. The van der Waals surface area contributed by atoms with Gasteiger partial charge < -0.3 is 9.73 Å². The minimum Gasteiger partial charge on any atom is -0.416 e. The van der Waals surface area contributed by atoms with Crippen LogP contribution in [0.3, 0.4) is 0 Å². The molecule has 0 aliphatic carbocycles. The first-order valence-corrected chi connectivity index (χ1v) is 8.84. The maximum atomic E-state index is 14.0. The molecule has 4 aromatic rings. The van der Waals surface area contributed by atoms with Crippen LogP contribution in [0.15, 0.2) is 75.9 Å². The molecule has 0 spiro atoms. The summed E-state index contributed by atoms with van der Waals surface area (Å²) < 4.78 is 33.3. The van der Waals surface area contributed by atoms with E-state index < -0.39 is 28.9 Å². The van der Waals surface area contributed by atoms with Crippen molar-refractivity contribution in [1.82, 2.24) is 0 Å². The number of hydrogen-bond donors (Lipinski definition) is 1. The Morgan fingerprint density at radius 3 is 2.14 bits per heavy atom. The summed E-state index contributed by atoms with van der Waals surface area (Å²) in [7, 11) is 0. The lowest BCUT2D eigenvalue weighted by Gasteiger charge is -2.13. The first-order chi connectivity index (χ1) is 14.0. The summed E-state index contributed by atoms with van der Waals surface area (Å²) in [5.41, 5.74) is 0.692. The Balaban J connectivity index is 1.94. The molecule has 0 saturated heterocycles. The van der Waals surface area contributed by atoms with Crippen molar-refractivity contribution >= 4 is 22.4 Å². The second-order valence-electron chi connectivity index (χ2n) is 6.56. The number of benzene rings is 3. The Hall–Kier alpha value is -3.80. The van der Waals surface area contributed by atoms with Crippen molar-refractivity contribution in [3.8, 4) is 11.1 Å². The van der Waals surface area contributed by atoms with E-state index >= 15 is 0 Å². The molecular formula is C23H15F2NO3. The van der Waals surface area contributed by atoms with Gasteiger partial charge in [0.1, 0.15) is 17.3 Å². The van der Waals surface area contributed by atoms with Gasteiger partial charge in [-0.2, -0.15) is 0 Å². The van der Waals surface area contributed by atoms with Crippen LogP contribution in [0, 0.1) is 18.6 Å². The number of halogens is 2. The fraction of sp³-hybridized carbons (Fsp3) is 0.0435. The van der Waals surface area contributed by atoms with Gasteiger partial charge in [-0.15, -0.1) is 0 Å². The van der Waals surface area contributed by atoms with E-state index in [2.05, 4.69) is 5.32 Å². The number of amides is 1. The van der Waals surface area contributed by atoms with Crippen LogP contribution in [0.25, 0.3) is 21.9 Å². The van der Waals surface area contributed by atoms with Crippen LogP contribution in [0.1, 0.15) is 16.1 Å². The summed E-state index contributed by atoms with van der Waals surface area (Å²) in [6, 6.07) is 17.2. The SMILES string of the molecule is Cc1ccc(-c2c(C(=O)Nc3c(F)cccc3F)oc(=O)c3ccccc23)cc1. The van der Waals surface area contributed by atoms with E-state index in [1.54, 1.807) is 36.4 Å². The third kappa shape index (κ3) is 3.40. The highest BCUT2D eigenvalue weighted by Gasteiger charge is 2.23. The third-order valence-electron chi connectivity index (χ3n) is 4.59. The maximum Gasteiger partial charge on any atom is 0.344 e. The first-order valence-electron chi connectivity index (χ1n) is 8.84. The minimum absolute atomic E-state index is 0.302. The predicted molar refractivity (Wildman–Crippen MR) is 107 cm³/mol. The van der Waals surface area contributed by atoms with E-state index in [0.29, 0.717) is 21.9 Å². The molecule has 0 saturated carbocycles. The fourth-order valence-corrected chi connectivity index (χ4v) is 3.15. The van der Waals surface area contributed by atoms with Gasteiger partial charge >= 0.3 is 5.63 Å². The normalized spacial score (nSPS) is 10.9. The highest BCUT2D eigenvalue weighted by atomic mass is 19.1. The van der Waals surface area contributed by atoms with Crippen LogP contribution in [-0.4, -0.2) is 5.91 Å². The Morgan fingerprint density at radius 1 is 0.862 bits per heavy atom. The molecular weight excluding hydrogens is 376 g/mol. The van der Waals surface area contributed by atoms with Crippen LogP contribution in [0.5, 0.6) is 0 Å². The largest absolute Gasteiger partial charge is 0.416 e. The third-order valence-corrected chi connectivity index (χ3v) is 4.59. The van der Waals surface area contributed by atoms with Gasteiger partial charge in [0.05, 0.1) is 5.39 Å². The van der Waals surface area contributed by atoms with Crippen molar-refractivity contribution in [2.45, 2.75) is 6.92 Å². The predicted octanol–water partition coefficient (Wildman–Crippen LogP) is 5.30. The molecule has 0 aliphatic rings. The van der Waals surface area contributed by atoms with Crippen molar-refractivity contribution in [3.05, 3.63) is 100 Å². The zero-order valence-electron chi connectivity index (χ0n) is 15.3. The number of nitrogens with one attached hydrogen (secondary N) is 1. The minimum atomic E-state index is -0.932. The summed E-state index contributed by atoms with van der Waals surface area (Å²) in [6.07, 6.45) is 0. The fourth-order valence-electron chi connectivity index (χ4n) is 3.15. The average Bonchev–Trinajstić information content (AvgIpc) is 2.71. The van der Waals surface area contributed by atoms with Crippen molar-refractivity contribution in [2.75, 3.05) is 5.32 Å². The lowest BCUT2D eigenvalue weighted by molar-refractivity contribution is 0.0993. The van der Waals surface area contributed by atoms with Gasteiger partial charge in [0.25, 0.3) is 5.91 Å². The molecule has 1 aromatic heterocycles. The Kier molecular flexibility index (Phi) is 4.68. The van der Waals surface area contributed by atoms with Crippen LogP contribution in [0.2, 0.25) is 0 Å². The molecule has 1 heterocycles. The molecule has 144 valence electrons. The van der Waals surface area contributed by atoms with Crippen molar-refractivity contribution in [2.24, 2.45) is 0 Å². The highest BCUT2D eigenvalue weighted by molar-refractivity contribution is 6.11. The second kappa shape index (κ2) is 7.31. The van der Waals surface area contributed by atoms with E-state index in [1.807, 2.05) is 19.1 Å². The van der Waals surface area contributed by atoms with E-state index in [0.717, 1.165) is 17.7 Å². The number of aryl methyl sites for hydroxylation is 1. The summed E-state index contributed by atoms with van der Waals surface area (Å²) >= 11 is 0. The van der Waals surface area contributed by atoms with Gasteiger partial charge in [0.2, 0.25) is 5.76 Å². The summed E-state index contributed by atoms with van der Waals surface area (Å²) in [5, 5.41) is 3.00. The highest BCUT2D eigenvalue weighted by Crippen LogP contribution is 2.32. The molecule has 4 rings (SSSR count). The molecule has 0 aliphatic heterocycles. The number of carbonyl (C=O) groups is 1. The number of carbonyl (C=O) groups excluding carboxylic acids is 1. The van der Waals surface area contributed by atoms with Crippen LogP contribution < -0.4 is 10.9 Å². The number of anilines is 1. The monoisotopic (exact) mass is 391 g/mol. The van der Waals surface area contributed by atoms with E-state index in [1.165, 1.54) is 6.07 Å². The molecule has 0 fully saturated rings. The van der Waals surface area contributed by atoms with Gasteiger partial charge in [0, 0.05) is 10.9 Å². The van der Waals surface area contributed by atoms with E-state index in [-0.39, 0.29) is 5.76 Å². The van der Waals surface area contributed by atoms with Crippen LogP contribution in [0.4, 0.5) is 14.5 Å². The summed E-state index contributed by atoms with van der Waals surface area (Å²) in [4.78, 5) is 25.3. The average molecular weight is 391 g/mol. The molecule has 0 bridgehead atoms. The molecule has 1 amide bonds. The molecule has 3 aromatic carbocycles. The first kappa shape index (κ1) is 18.6. The molecule has 0 radical (unpaired) electrons. The van der Waals surface area contributed by atoms with Gasteiger partial charge in [0.15, 0.2) is 0 Å². The Labute approximate surface area is 164 Å². The second-order valence-corrected chi connectivity index (χ2v) is 6.56. The standard InChI is InChI=1S/C23H15F2NO3/c1-13-9-11-14(12-10-13)19-15-5-2-3-6-16(15)23(28)29-21(19)22(27)26-20-17(24)7-4-8-18(20)25/h2-12H,1H3,(H,26,27). The zero-order valence-corrected chi connectivity index (χ0v) is 15.3. The maximum absolute atomic E-state index is 14.0. The number of para-hydroxylation sites is 1. The molecule has 0 unspecified atom stereocenters. The number of rotatable bonds is 3. The van der Waals surface area contributed by atoms with E-state index in [4.69, 9.17) is 4.42 Å². The lowest BCUT2D eigenvalue weighted by Crippen LogP contribution is -2.18. The van der Waals surface area contributed by atoms with Crippen molar-refractivity contribution in [3.63, 3.8) is 0 Å².